The predicted molar refractivity (Wildman–Crippen MR) is 107 cm³/mol. The standard InChI is InChI=1S/C21H22N2O3S/c1-14(15-8-4-3-5-9-15)22-19(24)18(12-13-27-2)23-20(25)16-10-6-7-11-17(16)21(23)26/h3-11,14,18H,12-13H2,1-2H3,(H,22,24)/t14-,18-/m1/s1. The van der Waals surface area contributed by atoms with Crippen molar-refractivity contribution in [1.82, 2.24) is 10.2 Å². The molecule has 0 fully saturated rings. The van der Waals surface area contributed by atoms with Crippen LogP contribution in [0.1, 0.15) is 45.7 Å². The highest BCUT2D eigenvalue weighted by Crippen LogP contribution is 2.26. The van der Waals surface area contributed by atoms with Crippen LogP contribution in [0.4, 0.5) is 0 Å². The molecule has 1 heterocycles. The topological polar surface area (TPSA) is 66.5 Å². The van der Waals surface area contributed by atoms with E-state index in [0.717, 1.165) is 10.5 Å². The smallest absolute Gasteiger partial charge is 0.262 e. The second kappa shape index (κ2) is 8.39. The number of hydrogen-bond donors (Lipinski definition) is 1. The zero-order valence-electron chi connectivity index (χ0n) is 15.3. The van der Waals surface area contributed by atoms with Crippen molar-refractivity contribution in [3.05, 3.63) is 71.3 Å². The van der Waals surface area contributed by atoms with E-state index < -0.39 is 17.9 Å². The molecule has 0 spiro atoms. The number of rotatable bonds is 7. The van der Waals surface area contributed by atoms with Gasteiger partial charge in [0.25, 0.3) is 11.8 Å². The van der Waals surface area contributed by atoms with E-state index in [1.54, 1.807) is 36.0 Å². The quantitative estimate of drug-likeness (QED) is 0.747. The van der Waals surface area contributed by atoms with Gasteiger partial charge in [0.1, 0.15) is 6.04 Å². The lowest BCUT2D eigenvalue weighted by molar-refractivity contribution is -0.125. The summed E-state index contributed by atoms with van der Waals surface area (Å²) in [6.45, 7) is 1.89. The minimum absolute atomic E-state index is 0.217. The number of carbonyl (C=O) groups is 3. The van der Waals surface area contributed by atoms with Gasteiger partial charge >= 0.3 is 0 Å². The first-order chi connectivity index (χ1) is 13.0. The average Bonchev–Trinajstić information content (AvgIpc) is 2.94. The Bertz CT molecular complexity index is 819. The maximum absolute atomic E-state index is 13.0. The minimum atomic E-state index is -0.823. The van der Waals surface area contributed by atoms with Crippen molar-refractivity contribution in [2.45, 2.75) is 25.4 Å². The van der Waals surface area contributed by atoms with Crippen molar-refractivity contribution in [2.24, 2.45) is 0 Å². The van der Waals surface area contributed by atoms with Gasteiger partial charge in [0.15, 0.2) is 0 Å². The summed E-state index contributed by atoms with van der Waals surface area (Å²) >= 11 is 1.58. The van der Waals surface area contributed by atoms with Crippen molar-refractivity contribution < 1.29 is 14.4 Å². The summed E-state index contributed by atoms with van der Waals surface area (Å²) in [6, 6.07) is 15.3. The molecule has 0 bridgehead atoms. The molecule has 5 nitrogen and oxygen atoms in total. The van der Waals surface area contributed by atoms with E-state index in [1.165, 1.54) is 0 Å². The number of benzene rings is 2. The van der Waals surface area contributed by atoms with Gasteiger partial charge in [0.05, 0.1) is 17.2 Å². The fourth-order valence-electron chi connectivity index (χ4n) is 3.23. The molecule has 0 aliphatic carbocycles. The van der Waals surface area contributed by atoms with Gasteiger partial charge in [0, 0.05) is 0 Å². The number of imide groups is 1. The van der Waals surface area contributed by atoms with Crippen LogP contribution in [-0.4, -0.2) is 40.7 Å². The van der Waals surface area contributed by atoms with Gasteiger partial charge in [-0.3, -0.25) is 19.3 Å². The van der Waals surface area contributed by atoms with Gasteiger partial charge in [-0.2, -0.15) is 11.8 Å². The summed E-state index contributed by atoms with van der Waals surface area (Å²) in [5.74, 6) is -0.436. The van der Waals surface area contributed by atoms with Crippen LogP contribution in [0.5, 0.6) is 0 Å². The van der Waals surface area contributed by atoms with E-state index in [1.807, 2.05) is 43.5 Å². The van der Waals surface area contributed by atoms with E-state index in [9.17, 15) is 14.4 Å². The van der Waals surface area contributed by atoms with Crippen molar-refractivity contribution in [3.8, 4) is 0 Å². The largest absolute Gasteiger partial charge is 0.348 e. The Morgan fingerprint density at radius 1 is 1.00 bits per heavy atom. The highest BCUT2D eigenvalue weighted by molar-refractivity contribution is 7.98. The summed E-state index contributed by atoms with van der Waals surface area (Å²) < 4.78 is 0. The Hall–Kier alpha value is -2.60. The molecule has 0 aromatic heterocycles. The molecular formula is C21H22N2O3S. The Balaban J connectivity index is 1.83. The summed E-state index contributed by atoms with van der Waals surface area (Å²) in [5.41, 5.74) is 1.69. The Morgan fingerprint density at radius 2 is 1.56 bits per heavy atom. The first kappa shape index (κ1) is 19.2. The molecule has 2 atom stereocenters. The van der Waals surface area contributed by atoms with Crippen molar-refractivity contribution in [1.29, 1.82) is 0 Å². The number of thioether (sulfide) groups is 1. The molecule has 0 saturated carbocycles. The molecule has 6 heteroatoms. The lowest BCUT2D eigenvalue weighted by Gasteiger charge is -2.27. The summed E-state index contributed by atoms with van der Waals surface area (Å²) in [4.78, 5) is 39.7. The molecular weight excluding hydrogens is 360 g/mol. The Labute approximate surface area is 163 Å². The van der Waals surface area contributed by atoms with Crippen LogP contribution in [0.3, 0.4) is 0 Å². The van der Waals surface area contributed by atoms with E-state index >= 15 is 0 Å². The normalized spacial score (nSPS) is 15.4. The molecule has 3 amide bonds. The van der Waals surface area contributed by atoms with Crippen molar-refractivity contribution in [2.75, 3.05) is 12.0 Å². The molecule has 0 unspecified atom stereocenters. The van der Waals surface area contributed by atoms with E-state index in [-0.39, 0.29) is 11.9 Å². The third kappa shape index (κ3) is 3.90. The predicted octanol–water partition coefficient (Wildman–Crippen LogP) is 3.28. The van der Waals surface area contributed by atoms with Crippen LogP contribution in [0.2, 0.25) is 0 Å². The maximum atomic E-state index is 13.0. The Morgan fingerprint density at radius 3 is 2.11 bits per heavy atom. The third-order valence-corrected chi connectivity index (χ3v) is 5.34. The van der Waals surface area contributed by atoms with Crippen LogP contribution in [0.15, 0.2) is 54.6 Å². The molecule has 3 rings (SSSR count). The van der Waals surface area contributed by atoms with E-state index in [2.05, 4.69) is 5.32 Å². The molecule has 1 aliphatic rings. The van der Waals surface area contributed by atoms with Gasteiger partial charge in [-0.15, -0.1) is 0 Å². The second-order valence-electron chi connectivity index (χ2n) is 6.46. The summed E-state index contributed by atoms with van der Waals surface area (Å²) in [6.07, 6.45) is 2.35. The lowest BCUT2D eigenvalue weighted by Crippen LogP contribution is -2.50. The summed E-state index contributed by atoms with van der Waals surface area (Å²) in [7, 11) is 0. The van der Waals surface area contributed by atoms with Gasteiger partial charge in [-0.1, -0.05) is 42.5 Å². The zero-order valence-corrected chi connectivity index (χ0v) is 16.2. The molecule has 0 saturated heterocycles. The Kier molecular flexibility index (Phi) is 5.96. The van der Waals surface area contributed by atoms with Crippen LogP contribution < -0.4 is 5.32 Å². The molecule has 2 aromatic rings. The molecule has 0 radical (unpaired) electrons. The van der Waals surface area contributed by atoms with E-state index in [4.69, 9.17) is 0 Å². The van der Waals surface area contributed by atoms with Gasteiger partial charge < -0.3 is 5.32 Å². The highest BCUT2D eigenvalue weighted by atomic mass is 32.2. The van der Waals surface area contributed by atoms with E-state index in [0.29, 0.717) is 23.3 Å². The van der Waals surface area contributed by atoms with Crippen molar-refractivity contribution >= 4 is 29.5 Å². The summed E-state index contributed by atoms with van der Waals surface area (Å²) in [5, 5.41) is 2.96. The van der Waals surface area contributed by atoms with Crippen molar-refractivity contribution in [3.63, 3.8) is 0 Å². The maximum Gasteiger partial charge on any atom is 0.262 e. The highest BCUT2D eigenvalue weighted by Gasteiger charge is 2.42. The van der Waals surface area contributed by atoms with Crippen LogP contribution >= 0.6 is 11.8 Å². The second-order valence-corrected chi connectivity index (χ2v) is 7.45. The fourth-order valence-corrected chi connectivity index (χ4v) is 3.69. The number of nitrogens with zero attached hydrogens (tertiary/aromatic N) is 1. The molecule has 1 aliphatic heterocycles. The van der Waals surface area contributed by atoms with Gasteiger partial charge in [-0.05, 0) is 43.0 Å². The molecule has 140 valence electrons. The monoisotopic (exact) mass is 382 g/mol. The third-order valence-electron chi connectivity index (χ3n) is 4.69. The van der Waals surface area contributed by atoms with Gasteiger partial charge in [0.2, 0.25) is 5.91 Å². The number of hydrogen-bond acceptors (Lipinski definition) is 4. The zero-order chi connectivity index (χ0) is 19.4. The average molecular weight is 382 g/mol. The van der Waals surface area contributed by atoms with Crippen LogP contribution in [0, 0.1) is 0 Å². The first-order valence-electron chi connectivity index (χ1n) is 8.85. The molecule has 2 aromatic carbocycles. The SMILES string of the molecule is CSCC[C@H](C(=O)N[C@H](C)c1ccccc1)N1C(=O)c2ccccc2C1=O. The lowest BCUT2D eigenvalue weighted by atomic mass is 10.1. The fraction of sp³-hybridized carbons (Fsp3) is 0.286. The number of amides is 3. The molecule has 1 N–H and O–H groups in total. The number of nitrogens with one attached hydrogen (secondary N) is 1. The van der Waals surface area contributed by atoms with Gasteiger partial charge in [-0.25, -0.2) is 0 Å². The van der Waals surface area contributed by atoms with Crippen LogP contribution in [-0.2, 0) is 4.79 Å². The molecule has 27 heavy (non-hydrogen) atoms. The number of carbonyl (C=O) groups excluding carboxylic acids is 3. The number of fused-ring (bicyclic) bond motifs is 1. The minimum Gasteiger partial charge on any atom is -0.348 e. The first-order valence-corrected chi connectivity index (χ1v) is 10.2. The van der Waals surface area contributed by atoms with Crippen LogP contribution in [0.25, 0.3) is 0 Å².